The average molecular weight is 658 g/mol. The van der Waals surface area contributed by atoms with Crippen LogP contribution in [0.15, 0.2) is 42.7 Å². The van der Waals surface area contributed by atoms with Crippen molar-refractivity contribution in [2.75, 3.05) is 64.3 Å². The maximum atomic E-state index is 14.1. The second-order valence-corrected chi connectivity index (χ2v) is 13.7. The van der Waals surface area contributed by atoms with Gasteiger partial charge in [-0.05, 0) is 67.9 Å². The number of benzene rings is 2. The van der Waals surface area contributed by atoms with Crippen molar-refractivity contribution in [2.45, 2.75) is 63.6 Å². The van der Waals surface area contributed by atoms with E-state index in [4.69, 9.17) is 9.47 Å². The molecule has 1 atom stereocenters. The molecule has 12 heteroatoms. The molecule has 7 rings (SSSR count). The number of urea groups is 1. The summed E-state index contributed by atoms with van der Waals surface area (Å²) in [5.74, 6) is -0.141. The molecule has 0 unspecified atom stereocenters. The number of ether oxygens (including phenoxy) is 2. The van der Waals surface area contributed by atoms with Crippen molar-refractivity contribution in [3.05, 3.63) is 59.4 Å². The molecule has 48 heavy (non-hydrogen) atoms. The van der Waals surface area contributed by atoms with Gasteiger partial charge in [0.1, 0.15) is 0 Å². The lowest BCUT2D eigenvalue weighted by molar-refractivity contribution is -0.142. The van der Waals surface area contributed by atoms with Gasteiger partial charge >= 0.3 is 12.1 Å². The third kappa shape index (κ3) is 6.86. The fourth-order valence-electron chi connectivity index (χ4n) is 8.00. The first kappa shape index (κ1) is 32.4. The standard InChI is InChI=1S/C36H47N7O5/c1-25-21-26(22-31-33(25)39(2)24-37-31)23-32(34(44)41-12-8-28(9-13-41)40-17-19-47-20-18-40)48-36(46)42-14-10-29(11-15-42)43-16-7-27-5-3-4-6-30(27)38-35(43)45/h3-6,21-22,24,28-29,32H,7-20,23H2,1-2H3,(H,38,45)/t32-/m1/s1. The summed E-state index contributed by atoms with van der Waals surface area (Å²) in [5, 5.41) is 3.06. The van der Waals surface area contributed by atoms with Gasteiger partial charge in [-0.2, -0.15) is 0 Å². The number of imidazole rings is 1. The van der Waals surface area contributed by atoms with Gasteiger partial charge in [0.2, 0.25) is 0 Å². The minimum Gasteiger partial charge on any atom is -0.436 e. The summed E-state index contributed by atoms with van der Waals surface area (Å²) < 4.78 is 13.7. The summed E-state index contributed by atoms with van der Waals surface area (Å²) in [7, 11) is 1.97. The number of nitrogens with one attached hydrogen (secondary N) is 1. The first-order valence-corrected chi connectivity index (χ1v) is 17.5. The second kappa shape index (κ2) is 14.1. The summed E-state index contributed by atoms with van der Waals surface area (Å²) in [4.78, 5) is 53.4. The molecule has 0 saturated carbocycles. The van der Waals surface area contributed by atoms with Crippen LogP contribution in [0.1, 0.15) is 42.4 Å². The maximum Gasteiger partial charge on any atom is 0.410 e. The van der Waals surface area contributed by atoms with Gasteiger partial charge in [-0.25, -0.2) is 14.6 Å². The highest BCUT2D eigenvalue weighted by molar-refractivity contribution is 5.91. The highest BCUT2D eigenvalue weighted by Gasteiger charge is 2.36. The number of rotatable bonds is 6. The van der Waals surface area contributed by atoms with Crippen molar-refractivity contribution in [3.63, 3.8) is 0 Å². The number of likely N-dealkylation sites (tertiary alicyclic amines) is 2. The van der Waals surface area contributed by atoms with Crippen molar-refractivity contribution in [3.8, 4) is 0 Å². The molecule has 1 N–H and O–H groups in total. The number of aryl methyl sites for hydroxylation is 2. The predicted octanol–water partition coefficient (Wildman–Crippen LogP) is 3.81. The van der Waals surface area contributed by atoms with Crippen LogP contribution in [0.3, 0.4) is 0 Å². The van der Waals surface area contributed by atoms with Gasteiger partial charge in [0, 0.05) is 77.1 Å². The van der Waals surface area contributed by atoms with E-state index in [2.05, 4.69) is 27.3 Å². The number of para-hydroxylation sites is 1. The number of fused-ring (bicyclic) bond motifs is 2. The number of aromatic nitrogens is 2. The Balaban J connectivity index is 1.01. The number of nitrogens with zero attached hydrogens (tertiary/aromatic N) is 6. The minimum absolute atomic E-state index is 0.0293. The number of hydrogen-bond acceptors (Lipinski definition) is 7. The van der Waals surface area contributed by atoms with Crippen LogP contribution >= 0.6 is 0 Å². The molecule has 3 fully saturated rings. The Hall–Kier alpha value is -4.16. The van der Waals surface area contributed by atoms with E-state index < -0.39 is 12.2 Å². The van der Waals surface area contributed by atoms with E-state index >= 15 is 0 Å². The molecule has 5 heterocycles. The van der Waals surface area contributed by atoms with E-state index in [-0.39, 0.29) is 24.4 Å². The zero-order chi connectivity index (χ0) is 33.2. The van der Waals surface area contributed by atoms with Crippen molar-refractivity contribution in [2.24, 2.45) is 7.05 Å². The SMILES string of the molecule is Cc1cc(C[C@@H](OC(=O)N2CCC(N3CCc4ccccc4NC3=O)CC2)C(=O)N2CCC(N3CCOCC3)CC2)cc2ncn(C)c12. The van der Waals surface area contributed by atoms with Gasteiger partial charge in [0.05, 0.1) is 30.6 Å². The lowest BCUT2D eigenvalue weighted by atomic mass is 10.00. The van der Waals surface area contributed by atoms with Gasteiger partial charge in [-0.3, -0.25) is 9.69 Å². The number of anilines is 1. The van der Waals surface area contributed by atoms with Crippen molar-refractivity contribution in [1.82, 2.24) is 29.2 Å². The number of hydrogen-bond donors (Lipinski definition) is 1. The van der Waals surface area contributed by atoms with E-state index in [0.717, 1.165) is 79.0 Å². The van der Waals surface area contributed by atoms with Crippen LogP contribution in [0.5, 0.6) is 0 Å². The summed E-state index contributed by atoms with van der Waals surface area (Å²) in [6, 6.07) is 12.4. The third-order valence-electron chi connectivity index (χ3n) is 10.6. The van der Waals surface area contributed by atoms with Crippen molar-refractivity contribution < 1.29 is 23.9 Å². The zero-order valence-corrected chi connectivity index (χ0v) is 28.1. The molecule has 2 aromatic carbocycles. The maximum absolute atomic E-state index is 14.1. The number of carbonyl (C=O) groups excluding carboxylic acids is 3. The highest BCUT2D eigenvalue weighted by atomic mass is 16.6. The van der Waals surface area contributed by atoms with E-state index in [1.54, 1.807) is 11.2 Å². The first-order chi connectivity index (χ1) is 23.3. The molecule has 12 nitrogen and oxygen atoms in total. The van der Waals surface area contributed by atoms with E-state index in [9.17, 15) is 14.4 Å². The van der Waals surface area contributed by atoms with Crippen LogP contribution in [-0.4, -0.2) is 124 Å². The van der Waals surface area contributed by atoms with Gasteiger partial charge in [0.25, 0.3) is 5.91 Å². The molecular weight excluding hydrogens is 610 g/mol. The molecule has 256 valence electrons. The second-order valence-electron chi connectivity index (χ2n) is 13.7. The van der Waals surface area contributed by atoms with Crippen LogP contribution in [0.4, 0.5) is 15.3 Å². The van der Waals surface area contributed by atoms with Gasteiger partial charge in [0.15, 0.2) is 6.10 Å². The van der Waals surface area contributed by atoms with Crippen LogP contribution in [-0.2, 0) is 34.2 Å². The van der Waals surface area contributed by atoms with E-state index in [0.29, 0.717) is 51.6 Å². The van der Waals surface area contributed by atoms with E-state index in [1.165, 1.54) is 0 Å². The third-order valence-corrected chi connectivity index (χ3v) is 10.6. The fraction of sp³-hybridized carbons (Fsp3) is 0.556. The molecule has 3 saturated heterocycles. The zero-order valence-electron chi connectivity index (χ0n) is 28.1. The molecule has 4 aliphatic heterocycles. The minimum atomic E-state index is -0.939. The van der Waals surface area contributed by atoms with Crippen LogP contribution < -0.4 is 5.32 Å². The first-order valence-electron chi connectivity index (χ1n) is 17.5. The molecule has 0 bridgehead atoms. The molecule has 0 spiro atoms. The quantitative estimate of drug-likeness (QED) is 0.429. The summed E-state index contributed by atoms with van der Waals surface area (Å²) in [5.41, 5.74) is 5.89. The number of carbonyl (C=O) groups is 3. The van der Waals surface area contributed by atoms with Gasteiger partial charge in [-0.15, -0.1) is 0 Å². The Kier molecular flexibility index (Phi) is 9.54. The Morgan fingerprint density at radius 2 is 1.67 bits per heavy atom. The molecule has 0 radical (unpaired) electrons. The van der Waals surface area contributed by atoms with Crippen LogP contribution in [0.2, 0.25) is 0 Å². The Labute approximate surface area is 281 Å². The van der Waals surface area contributed by atoms with Crippen LogP contribution in [0, 0.1) is 6.92 Å². The summed E-state index contributed by atoms with van der Waals surface area (Å²) >= 11 is 0. The molecule has 0 aliphatic carbocycles. The molecule has 4 aliphatic rings. The summed E-state index contributed by atoms with van der Waals surface area (Å²) in [6.07, 6.45) is 4.55. The van der Waals surface area contributed by atoms with Crippen molar-refractivity contribution >= 4 is 34.8 Å². The fourth-order valence-corrected chi connectivity index (χ4v) is 8.00. The smallest absolute Gasteiger partial charge is 0.410 e. The van der Waals surface area contributed by atoms with Crippen molar-refractivity contribution in [1.29, 1.82) is 0 Å². The monoisotopic (exact) mass is 657 g/mol. The Morgan fingerprint density at radius 1 is 0.958 bits per heavy atom. The topological polar surface area (TPSA) is 112 Å². The number of morpholine rings is 1. The Bertz CT molecular complexity index is 1640. The number of piperidine rings is 2. The summed E-state index contributed by atoms with van der Waals surface area (Å²) in [6.45, 7) is 8.26. The normalized spacial score (nSPS) is 20.7. The lowest BCUT2D eigenvalue weighted by Gasteiger charge is -2.41. The van der Waals surface area contributed by atoms with E-state index in [1.807, 2.05) is 52.6 Å². The molecular formula is C36H47N7O5. The van der Waals surface area contributed by atoms with Gasteiger partial charge in [-0.1, -0.05) is 24.3 Å². The molecule has 4 amide bonds. The molecule has 1 aromatic heterocycles. The Morgan fingerprint density at radius 3 is 2.44 bits per heavy atom. The average Bonchev–Trinajstić information content (AvgIpc) is 3.40. The predicted molar refractivity (Wildman–Crippen MR) is 182 cm³/mol. The molecule has 3 aromatic rings. The highest BCUT2D eigenvalue weighted by Crippen LogP contribution is 2.27. The van der Waals surface area contributed by atoms with Gasteiger partial charge < -0.3 is 34.1 Å². The largest absolute Gasteiger partial charge is 0.436 e. The van der Waals surface area contributed by atoms with Crippen LogP contribution in [0.25, 0.3) is 11.0 Å². The number of amides is 4. The lowest BCUT2D eigenvalue weighted by Crippen LogP contribution is -2.53.